The number of anilines is 2. The standard InChI is InChI=1S/C16H18BN2/c1-13-8-9-16(18(3)12-13)19-15-7-5-4-6-14(15)10-11-17(19)2/h4-12H,1-3H3/q+1. The molecule has 0 spiro atoms. The molecule has 0 bridgehead atoms. The van der Waals surface area contributed by atoms with E-state index < -0.39 is 0 Å². The Bertz CT molecular complexity index is 649. The van der Waals surface area contributed by atoms with Gasteiger partial charge in [0.15, 0.2) is 0 Å². The number of pyridine rings is 1. The van der Waals surface area contributed by atoms with E-state index in [1.807, 2.05) is 0 Å². The molecular formula is C16H18BN2+. The minimum atomic E-state index is 0.365. The van der Waals surface area contributed by atoms with Crippen molar-refractivity contribution in [3.8, 4) is 0 Å². The lowest BCUT2D eigenvalue weighted by molar-refractivity contribution is -0.658. The van der Waals surface area contributed by atoms with E-state index in [-0.39, 0.29) is 0 Å². The lowest BCUT2D eigenvalue weighted by atomic mass is 9.60. The number of nitrogens with zero attached hydrogens (tertiary/aromatic N) is 2. The van der Waals surface area contributed by atoms with Gasteiger partial charge in [-0.25, -0.2) is 4.57 Å². The Labute approximate surface area is 115 Å². The van der Waals surface area contributed by atoms with Gasteiger partial charge in [-0.15, -0.1) is 0 Å². The van der Waals surface area contributed by atoms with Gasteiger partial charge in [-0.3, -0.25) is 4.81 Å². The Kier molecular flexibility index (Phi) is 2.90. The van der Waals surface area contributed by atoms with Crippen LogP contribution in [0.5, 0.6) is 0 Å². The first kappa shape index (κ1) is 12.0. The summed E-state index contributed by atoms with van der Waals surface area (Å²) in [4.78, 5) is 2.38. The Hall–Kier alpha value is -2.03. The first-order valence-corrected chi connectivity index (χ1v) is 6.69. The molecule has 0 radical (unpaired) electrons. The second kappa shape index (κ2) is 4.58. The van der Waals surface area contributed by atoms with Crippen molar-refractivity contribution in [2.75, 3.05) is 4.81 Å². The molecule has 0 fully saturated rings. The summed E-state index contributed by atoms with van der Waals surface area (Å²) in [6.45, 7) is 4.72. The summed E-state index contributed by atoms with van der Waals surface area (Å²) in [5.41, 5.74) is 3.83. The van der Waals surface area contributed by atoms with Crippen LogP contribution in [0.3, 0.4) is 0 Å². The minimum Gasteiger partial charge on any atom is -0.287 e. The van der Waals surface area contributed by atoms with Crippen LogP contribution in [-0.4, -0.2) is 6.85 Å². The number of rotatable bonds is 1. The van der Waals surface area contributed by atoms with Crippen LogP contribution in [0, 0.1) is 6.92 Å². The first-order chi connectivity index (χ1) is 9.16. The van der Waals surface area contributed by atoms with Crippen LogP contribution >= 0.6 is 0 Å². The van der Waals surface area contributed by atoms with Gasteiger partial charge in [0.05, 0.1) is 13.2 Å². The first-order valence-electron chi connectivity index (χ1n) is 6.69. The number of aromatic nitrogens is 1. The molecule has 0 saturated carbocycles. The van der Waals surface area contributed by atoms with Crippen LogP contribution in [-0.2, 0) is 7.05 Å². The second-order valence-corrected chi connectivity index (χ2v) is 5.20. The van der Waals surface area contributed by atoms with E-state index in [0.29, 0.717) is 6.85 Å². The summed E-state index contributed by atoms with van der Waals surface area (Å²) in [5.74, 6) is 3.47. The third-order valence-corrected chi connectivity index (χ3v) is 3.66. The molecule has 1 aliphatic rings. The van der Waals surface area contributed by atoms with Crippen LogP contribution in [0.1, 0.15) is 11.1 Å². The van der Waals surface area contributed by atoms with Gasteiger partial charge in [-0.05, 0) is 31.4 Å². The Balaban J connectivity index is 2.16. The smallest absolute Gasteiger partial charge is 0.287 e. The molecule has 0 aliphatic carbocycles. The molecule has 19 heavy (non-hydrogen) atoms. The minimum absolute atomic E-state index is 0.365. The topological polar surface area (TPSA) is 7.12 Å². The summed E-state index contributed by atoms with van der Waals surface area (Å²) in [6.07, 6.45) is 4.38. The molecular weight excluding hydrogens is 231 g/mol. The van der Waals surface area contributed by atoms with Crippen molar-refractivity contribution in [2.45, 2.75) is 13.7 Å². The van der Waals surface area contributed by atoms with E-state index >= 15 is 0 Å². The molecule has 3 heteroatoms. The SMILES string of the molecule is CB1C=Cc2ccccc2N1c1ccc(C)c[n+]1C. The van der Waals surface area contributed by atoms with Crippen LogP contribution < -0.4 is 9.38 Å². The molecule has 94 valence electrons. The van der Waals surface area contributed by atoms with Gasteiger partial charge in [0.2, 0.25) is 0 Å². The molecule has 0 saturated heterocycles. The van der Waals surface area contributed by atoms with Crippen molar-refractivity contribution >= 4 is 24.4 Å². The fraction of sp³-hybridized carbons (Fsp3) is 0.188. The van der Waals surface area contributed by atoms with Gasteiger partial charge < -0.3 is 0 Å². The maximum Gasteiger partial charge on any atom is 0.402 e. The summed E-state index contributed by atoms with van der Waals surface area (Å²) >= 11 is 0. The maximum absolute atomic E-state index is 2.38. The average molecular weight is 249 g/mol. The van der Waals surface area contributed by atoms with Crippen molar-refractivity contribution < 1.29 is 4.57 Å². The van der Waals surface area contributed by atoms with Crippen LogP contribution in [0.4, 0.5) is 11.5 Å². The van der Waals surface area contributed by atoms with Crippen LogP contribution in [0.25, 0.3) is 6.08 Å². The van der Waals surface area contributed by atoms with Gasteiger partial charge in [0.1, 0.15) is 5.69 Å². The predicted molar refractivity (Wildman–Crippen MR) is 81.6 cm³/mol. The van der Waals surface area contributed by atoms with Crippen molar-refractivity contribution in [1.29, 1.82) is 0 Å². The predicted octanol–water partition coefficient (Wildman–Crippen LogP) is 3.14. The van der Waals surface area contributed by atoms with Gasteiger partial charge in [0, 0.05) is 11.6 Å². The van der Waals surface area contributed by atoms with E-state index in [9.17, 15) is 0 Å². The Morgan fingerprint density at radius 1 is 1.11 bits per heavy atom. The van der Waals surface area contributed by atoms with Gasteiger partial charge in [-0.2, -0.15) is 0 Å². The third-order valence-electron chi connectivity index (χ3n) is 3.66. The highest BCUT2D eigenvalue weighted by Gasteiger charge is 2.32. The molecule has 1 aliphatic heterocycles. The van der Waals surface area contributed by atoms with E-state index in [1.54, 1.807) is 0 Å². The van der Waals surface area contributed by atoms with Gasteiger partial charge in [-0.1, -0.05) is 30.3 Å². The number of fused-ring (bicyclic) bond motifs is 1. The second-order valence-electron chi connectivity index (χ2n) is 5.20. The molecule has 3 rings (SSSR count). The van der Waals surface area contributed by atoms with Crippen molar-refractivity contribution in [1.82, 2.24) is 0 Å². The highest BCUT2D eigenvalue weighted by atomic mass is 15.2. The lowest BCUT2D eigenvalue weighted by Crippen LogP contribution is -2.43. The molecule has 2 heterocycles. The number of hydrogen-bond donors (Lipinski definition) is 0. The van der Waals surface area contributed by atoms with E-state index in [4.69, 9.17) is 0 Å². The van der Waals surface area contributed by atoms with Crippen LogP contribution in [0.2, 0.25) is 6.82 Å². The van der Waals surface area contributed by atoms with Crippen LogP contribution in [0.15, 0.2) is 48.6 Å². The molecule has 1 aromatic carbocycles. The van der Waals surface area contributed by atoms with E-state index in [1.165, 1.54) is 22.6 Å². The summed E-state index contributed by atoms with van der Waals surface area (Å²) < 4.78 is 2.20. The molecule has 1 aromatic heterocycles. The number of para-hydroxylation sites is 1. The molecule has 0 N–H and O–H groups in total. The van der Waals surface area contributed by atoms with E-state index in [0.717, 1.165) is 0 Å². The fourth-order valence-corrected chi connectivity index (χ4v) is 2.72. The monoisotopic (exact) mass is 249 g/mol. The molecule has 0 amide bonds. The van der Waals surface area contributed by atoms with Gasteiger partial charge >= 0.3 is 6.85 Å². The fourth-order valence-electron chi connectivity index (χ4n) is 2.72. The highest BCUT2D eigenvalue weighted by molar-refractivity contribution is 6.69. The molecule has 0 atom stereocenters. The summed E-state index contributed by atoms with van der Waals surface area (Å²) in [6, 6.07) is 12.9. The Morgan fingerprint density at radius 2 is 1.89 bits per heavy atom. The zero-order chi connectivity index (χ0) is 13.4. The van der Waals surface area contributed by atoms with Crippen molar-refractivity contribution in [3.05, 3.63) is 59.7 Å². The summed E-state index contributed by atoms with van der Waals surface area (Å²) in [5, 5.41) is 0. The molecule has 2 nitrogen and oxygen atoms in total. The van der Waals surface area contributed by atoms with Gasteiger partial charge in [0.25, 0.3) is 5.82 Å². The molecule has 2 aromatic rings. The third kappa shape index (κ3) is 2.05. The lowest BCUT2D eigenvalue weighted by Gasteiger charge is -2.25. The maximum atomic E-state index is 2.38. The zero-order valence-electron chi connectivity index (χ0n) is 11.7. The average Bonchev–Trinajstić information content (AvgIpc) is 2.40. The van der Waals surface area contributed by atoms with E-state index in [2.05, 4.69) is 84.8 Å². The quantitative estimate of drug-likeness (QED) is 0.556. The number of hydrogen-bond acceptors (Lipinski definition) is 1. The largest absolute Gasteiger partial charge is 0.402 e. The Morgan fingerprint density at radius 3 is 2.68 bits per heavy atom. The van der Waals surface area contributed by atoms with Crippen molar-refractivity contribution in [3.63, 3.8) is 0 Å². The zero-order valence-corrected chi connectivity index (χ0v) is 11.7. The number of benzene rings is 1. The summed E-state index contributed by atoms with van der Waals surface area (Å²) in [7, 11) is 2.11. The number of aryl methyl sites for hydroxylation is 2. The molecule has 0 unspecified atom stereocenters. The van der Waals surface area contributed by atoms with Crippen molar-refractivity contribution in [2.24, 2.45) is 7.05 Å². The normalized spacial score (nSPS) is 13.6. The highest BCUT2D eigenvalue weighted by Crippen LogP contribution is 2.32.